The Morgan fingerprint density at radius 2 is 1.85 bits per heavy atom. The summed E-state index contributed by atoms with van der Waals surface area (Å²) in [4.78, 5) is 18.6. The van der Waals surface area contributed by atoms with Crippen molar-refractivity contribution in [2.75, 3.05) is 13.2 Å². The Bertz CT molecular complexity index is 2000. The minimum absolute atomic E-state index is 0.248. The van der Waals surface area contributed by atoms with Gasteiger partial charge in [0.05, 0.1) is 16.8 Å². The molecule has 1 aliphatic heterocycles. The van der Waals surface area contributed by atoms with E-state index in [1.807, 2.05) is 97.5 Å². The lowest BCUT2D eigenvalue weighted by Crippen LogP contribution is -2.26. The number of aryl methyl sites for hydroxylation is 1. The zero-order valence-electron chi connectivity index (χ0n) is 22.4. The molecule has 204 valence electrons. The number of ether oxygens (including phenoxy) is 3. The first-order chi connectivity index (χ1) is 20.1. The zero-order valence-corrected chi connectivity index (χ0v) is 23.2. The second-order valence-corrected chi connectivity index (χ2v) is 10.6. The fraction of sp³-hybridized carbons (Fsp3) is 0.161. The largest absolute Gasteiger partial charge is 0.494 e. The number of hydrogen-bond donors (Lipinski definition) is 0. The van der Waals surface area contributed by atoms with Gasteiger partial charge < -0.3 is 14.2 Å². The molecule has 3 aromatic heterocycles. The van der Waals surface area contributed by atoms with E-state index in [9.17, 15) is 4.79 Å². The molecule has 6 aromatic rings. The second kappa shape index (κ2) is 10.2. The first kappa shape index (κ1) is 25.0. The van der Waals surface area contributed by atoms with Crippen molar-refractivity contribution in [3.63, 3.8) is 0 Å². The van der Waals surface area contributed by atoms with E-state index in [2.05, 4.69) is 16.1 Å². The highest BCUT2D eigenvalue weighted by atomic mass is 32.1. The first-order valence-corrected chi connectivity index (χ1v) is 14.1. The van der Waals surface area contributed by atoms with Gasteiger partial charge in [0, 0.05) is 17.3 Å². The molecule has 0 saturated heterocycles. The molecule has 0 spiro atoms. The van der Waals surface area contributed by atoms with Crippen molar-refractivity contribution in [1.82, 2.24) is 24.4 Å². The van der Waals surface area contributed by atoms with Crippen LogP contribution in [0, 0.1) is 6.92 Å². The van der Waals surface area contributed by atoms with E-state index in [1.54, 1.807) is 0 Å². The van der Waals surface area contributed by atoms with E-state index in [0.717, 1.165) is 33.8 Å². The van der Waals surface area contributed by atoms with Gasteiger partial charge in [0.2, 0.25) is 4.96 Å². The fourth-order valence-corrected chi connectivity index (χ4v) is 5.72. The van der Waals surface area contributed by atoms with Crippen molar-refractivity contribution < 1.29 is 14.2 Å². The fourth-order valence-electron chi connectivity index (χ4n) is 4.82. The lowest BCUT2D eigenvalue weighted by Gasteiger charge is -2.24. The molecule has 1 atom stereocenters. The van der Waals surface area contributed by atoms with Gasteiger partial charge in [-0.05, 0) is 68.0 Å². The predicted molar refractivity (Wildman–Crippen MR) is 156 cm³/mol. The second-order valence-electron chi connectivity index (χ2n) is 9.57. The van der Waals surface area contributed by atoms with Crippen molar-refractivity contribution in [1.29, 1.82) is 0 Å². The van der Waals surface area contributed by atoms with Crippen LogP contribution in [0.1, 0.15) is 30.0 Å². The third-order valence-corrected chi connectivity index (χ3v) is 7.75. The summed E-state index contributed by atoms with van der Waals surface area (Å²) in [5.41, 5.74) is 4.17. The van der Waals surface area contributed by atoms with Crippen LogP contribution >= 0.6 is 11.3 Å². The molecular weight excluding hydrogens is 538 g/mol. The van der Waals surface area contributed by atoms with Crippen molar-refractivity contribution in [3.05, 3.63) is 111 Å². The van der Waals surface area contributed by atoms with E-state index in [-0.39, 0.29) is 12.2 Å². The normalized spacial score (nSPS) is 15.0. The van der Waals surface area contributed by atoms with Crippen LogP contribution in [0.2, 0.25) is 0 Å². The molecule has 0 bridgehead atoms. The van der Waals surface area contributed by atoms with E-state index < -0.39 is 6.10 Å². The topological polar surface area (TPSA) is 92.8 Å². The van der Waals surface area contributed by atoms with Crippen LogP contribution < -0.4 is 24.3 Å². The Morgan fingerprint density at radius 3 is 2.63 bits per heavy atom. The van der Waals surface area contributed by atoms with E-state index in [0.29, 0.717) is 33.4 Å². The number of para-hydroxylation sites is 3. The Balaban J connectivity index is 1.28. The molecule has 0 radical (unpaired) electrons. The summed E-state index contributed by atoms with van der Waals surface area (Å²) in [5, 5.41) is 9.39. The van der Waals surface area contributed by atoms with Gasteiger partial charge in [-0.2, -0.15) is 14.6 Å². The summed E-state index contributed by atoms with van der Waals surface area (Å²) in [7, 11) is 0. The standard InChI is InChI=1S/C31H25N5O4S/c1-3-38-23-14-13-20(15-19(23)2)28-21(17-35(33-28)22-9-5-4-6-10-22)16-27-30(37)36-31(41-27)32-29(34-36)26-18-39-24-11-7-8-12-25(24)40-26/h4-17,26H,3,18H2,1-2H3. The molecule has 0 aliphatic carbocycles. The number of benzene rings is 3. The monoisotopic (exact) mass is 563 g/mol. The average molecular weight is 564 g/mol. The number of hydrogen-bond acceptors (Lipinski definition) is 8. The molecule has 1 unspecified atom stereocenters. The number of thiazole rings is 1. The van der Waals surface area contributed by atoms with Crippen LogP contribution in [0.5, 0.6) is 17.2 Å². The van der Waals surface area contributed by atoms with E-state index in [4.69, 9.17) is 19.3 Å². The van der Waals surface area contributed by atoms with Gasteiger partial charge in [0.25, 0.3) is 5.56 Å². The van der Waals surface area contributed by atoms with Gasteiger partial charge in [0.15, 0.2) is 23.4 Å². The van der Waals surface area contributed by atoms with Crippen LogP contribution in [-0.4, -0.2) is 37.6 Å². The predicted octanol–water partition coefficient (Wildman–Crippen LogP) is 4.77. The average Bonchev–Trinajstić information content (AvgIpc) is 3.69. The number of fused-ring (bicyclic) bond motifs is 2. The molecule has 0 fully saturated rings. The maximum atomic E-state index is 13.4. The Kier molecular flexibility index (Phi) is 6.24. The van der Waals surface area contributed by atoms with E-state index >= 15 is 0 Å². The highest BCUT2D eigenvalue weighted by Gasteiger charge is 2.27. The van der Waals surface area contributed by atoms with Crippen LogP contribution in [0.15, 0.2) is 83.8 Å². The Labute approximate surface area is 238 Å². The molecule has 41 heavy (non-hydrogen) atoms. The molecule has 4 heterocycles. The van der Waals surface area contributed by atoms with Crippen molar-refractivity contribution in [3.8, 4) is 34.2 Å². The van der Waals surface area contributed by atoms with Crippen LogP contribution in [0.4, 0.5) is 0 Å². The van der Waals surface area contributed by atoms with Crippen LogP contribution in [-0.2, 0) is 0 Å². The molecule has 10 heteroatoms. The van der Waals surface area contributed by atoms with Crippen LogP contribution in [0.25, 0.3) is 28.0 Å². The highest BCUT2D eigenvalue weighted by Crippen LogP contribution is 2.35. The lowest BCUT2D eigenvalue weighted by atomic mass is 10.0. The summed E-state index contributed by atoms with van der Waals surface area (Å²) in [5.74, 6) is 2.56. The maximum Gasteiger partial charge on any atom is 0.291 e. The Morgan fingerprint density at radius 1 is 1.05 bits per heavy atom. The van der Waals surface area contributed by atoms with Gasteiger partial charge in [-0.15, -0.1) is 5.10 Å². The molecule has 3 aromatic carbocycles. The first-order valence-electron chi connectivity index (χ1n) is 13.3. The third kappa shape index (κ3) is 4.62. The molecule has 7 rings (SSSR count). The minimum Gasteiger partial charge on any atom is -0.494 e. The minimum atomic E-state index is -0.498. The molecule has 0 N–H and O–H groups in total. The zero-order chi connectivity index (χ0) is 27.9. The van der Waals surface area contributed by atoms with Gasteiger partial charge >= 0.3 is 0 Å². The van der Waals surface area contributed by atoms with Gasteiger partial charge in [0.1, 0.15) is 18.1 Å². The molecule has 0 amide bonds. The Hall–Kier alpha value is -4.96. The smallest absolute Gasteiger partial charge is 0.291 e. The molecule has 9 nitrogen and oxygen atoms in total. The number of aromatic nitrogens is 5. The summed E-state index contributed by atoms with van der Waals surface area (Å²) in [6, 6.07) is 23.3. The highest BCUT2D eigenvalue weighted by molar-refractivity contribution is 7.15. The third-order valence-electron chi connectivity index (χ3n) is 6.79. The summed E-state index contributed by atoms with van der Waals surface area (Å²) in [6.45, 7) is 4.84. The number of nitrogens with zero attached hydrogens (tertiary/aromatic N) is 5. The van der Waals surface area contributed by atoms with Gasteiger partial charge in [-0.25, -0.2) is 4.68 Å². The maximum absolute atomic E-state index is 13.4. The van der Waals surface area contributed by atoms with E-state index in [1.165, 1.54) is 15.9 Å². The molecule has 1 aliphatic rings. The van der Waals surface area contributed by atoms with Crippen molar-refractivity contribution in [2.24, 2.45) is 0 Å². The lowest BCUT2D eigenvalue weighted by molar-refractivity contribution is 0.0852. The SMILES string of the molecule is CCOc1ccc(-c2nn(-c3ccccc3)cc2C=c2sc3nc(C4COc5ccccc5O4)nn3c2=O)cc1C. The quantitative estimate of drug-likeness (QED) is 0.288. The van der Waals surface area contributed by atoms with Gasteiger partial charge in [-0.1, -0.05) is 41.7 Å². The van der Waals surface area contributed by atoms with Crippen molar-refractivity contribution >= 4 is 22.4 Å². The molecular formula is C31H25N5O4S. The summed E-state index contributed by atoms with van der Waals surface area (Å²) >= 11 is 1.28. The number of rotatable bonds is 6. The van der Waals surface area contributed by atoms with Crippen LogP contribution in [0.3, 0.4) is 0 Å². The summed E-state index contributed by atoms with van der Waals surface area (Å²) in [6.07, 6.45) is 3.29. The molecule has 0 saturated carbocycles. The van der Waals surface area contributed by atoms with Crippen molar-refractivity contribution in [2.45, 2.75) is 20.0 Å². The van der Waals surface area contributed by atoms with Gasteiger partial charge in [-0.3, -0.25) is 4.79 Å². The summed E-state index contributed by atoms with van der Waals surface area (Å²) < 4.78 is 21.2.